The lowest BCUT2D eigenvalue weighted by atomic mass is 10.2. The molecule has 1 amide bonds. The molecule has 6 heteroatoms. The fourth-order valence-electron chi connectivity index (χ4n) is 2.26. The van der Waals surface area contributed by atoms with Gasteiger partial charge in [0.2, 0.25) is 0 Å². The first-order valence-corrected chi connectivity index (χ1v) is 7.58. The van der Waals surface area contributed by atoms with E-state index < -0.39 is 11.6 Å². The van der Waals surface area contributed by atoms with Crippen molar-refractivity contribution in [2.75, 3.05) is 10.6 Å². The molecule has 0 atom stereocenters. The number of pyridine rings is 1. The predicted octanol–water partition coefficient (Wildman–Crippen LogP) is 4.66. The average molecular weight is 339 g/mol. The molecule has 0 bridgehead atoms. The van der Waals surface area contributed by atoms with Crippen molar-refractivity contribution in [3.05, 3.63) is 83.7 Å². The highest BCUT2D eigenvalue weighted by Crippen LogP contribution is 2.23. The Kier molecular flexibility index (Phi) is 4.70. The van der Waals surface area contributed by atoms with Gasteiger partial charge in [-0.05, 0) is 42.8 Å². The van der Waals surface area contributed by atoms with E-state index in [9.17, 15) is 13.6 Å². The number of halogens is 2. The number of aryl methyl sites for hydroxylation is 1. The first kappa shape index (κ1) is 16.6. The minimum Gasteiger partial charge on any atom is -0.349 e. The van der Waals surface area contributed by atoms with E-state index in [2.05, 4.69) is 15.6 Å². The number of rotatable bonds is 4. The standard InChI is InChI=1S/C19H15F2N3O/c1-12-5-2-3-8-16(12)24-19(25)17-10-9-13(11-22-17)23-18-14(20)6-4-7-15(18)21/h2-11,23H,1H3,(H,24,25). The average Bonchev–Trinajstić information content (AvgIpc) is 2.61. The SMILES string of the molecule is Cc1ccccc1NC(=O)c1ccc(Nc2c(F)cccc2F)cn1. The summed E-state index contributed by atoms with van der Waals surface area (Å²) in [5.74, 6) is -1.78. The maximum atomic E-state index is 13.6. The van der Waals surface area contributed by atoms with Gasteiger partial charge >= 0.3 is 0 Å². The van der Waals surface area contributed by atoms with E-state index >= 15 is 0 Å². The molecule has 2 aromatic carbocycles. The Balaban J connectivity index is 1.74. The van der Waals surface area contributed by atoms with E-state index in [0.29, 0.717) is 11.4 Å². The summed E-state index contributed by atoms with van der Waals surface area (Å²) in [5.41, 5.74) is 1.94. The highest BCUT2D eigenvalue weighted by molar-refractivity contribution is 6.03. The van der Waals surface area contributed by atoms with Gasteiger partial charge in [0.1, 0.15) is 23.0 Å². The molecule has 0 aliphatic heterocycles. The van der Waals surface area contributed by atoms with Crippen LogP contribution in [0.1, 0.15) is 16.1 Å². The van der Waals surface area contributed by atoms with E-state index in [0.717, 1.165) is 17.7 Å². The molecule has 1 aromatic heterocycles. The van der Waals surface area contributed by atoms with Crippen LogP contribution in [0.4, 0.5) is 25.8 Å². The number of carbonyl (C=O) groups excluding carboxylic acids is 1. The van der Waals surface area contributed by atoms with Gasteiger partial charge in [0.05, 0.1) is 11.9 Å². The lowest BCUT2D eigenvalue weighted by Gasteiger charge is -2.10. The topological polar surface area (TPSA) is 54.0 Å². The highest BCUT2D eigenvalue weighted by atomic mass is 19.1. The van der Waals surface area contributed by atoms with Crippen molar-refractivity contribution >= 4 is 23.0 Å². The van der Waals surface area contributed by atoms with Gasteiger partial charge in [0.25, 0.3) is 5.91 Å². The summed E-state index contributed by atoms with van der Waals surface area (Å²) in [6.07, 6.45) is 1.35. The molecule has 25 heavy (non-hydrogen) atoms. The lowest BCUT2D eigenvalue weighted by Crippen LogP contribution is -2.14. The molecular weight excluding hydrogens is 324 g/mol. The molecule has 1 heterocycles. The molecule has 4 nitrogen and oxygen atoms in total. The van der Waals surface area contributed by atoms with Crippen molar-refractivity contribution in [2.24, 2.45) is 0 Å². The second kappa shape index (κ2) is 7.09. The number of hydrogen-bond donors (Lipinski definition) is 2. The van der Waals surface area contributed by atoms with Crippen LogP contribution in [0.3, 0.4) is 0 Å². The van der Waals surface area contributed by atoms with Crippen LogP contribution in [0.2, 0.25) is 0 Å². The number of para-hydroxylation sites is 2. The van der Waals surface area contributed by atoms with Gasteiger partial charge in [-0.15, -0.1) is 0 Å². The zero-order valence-corrected chi connectivity index (χ0v) is 13.4. The number of nitrogens with one attached hydrogen (secondary N) is 2. The molecule has 2 N–H and O–H groups in total. The van der Waals surface area contributed by atoms with Crippen LogP contribution in [0.5, 0.6) is 0 Å². The first-order valence-electron chi connectivity index (χ1n) is 7.58. The third-order valence-electron chi connectivity index (χ3n) is 3.62. The van der Waals surface area contributed by atoms with Gasteiger partial charge in [0, 0.05) is 5.69 Å². The molecule has 0 spiro atoms. The Labute approximate surface area is 143 Å². The van der Waals surface area contributed by atoms with Crippen LogP contribution < -0.4 is 10.6 Å². The highest BCUT2D eigenvalue weighted by Gasteiger charge is 2.11. The van der Waals surface area contributed by atoms with Crippen molar-refractivity contribution < 1.29 is 13.6 Å². The summed E-state index contributed by atoms with van der Waals surface area (Å²) in [6, 6.07) is 14.0. The van der Waals surface area contributed by atoms with Gasteiger partial charge in [-0.25, -0.2) is 13.8 Å². The number of amides is 1. The van der Waals surface area contributed by atoms with Crippen LogP contribution in [-0.4, -0.2) is 10.9 Å². The van der Waals surface area contributed by atoms with Crippen LogP contribution in [-0.2, 0) is 0 Å². The van der Waals surface area contributed by atoms with E-state index in [1.54, 1.807) is 6.07 Å². The van der Waals surface area contributed by atoms with Gasteiger partial charge in [-0.2, -0.15) is 0 Å². The molecule has 0 unspecified atom stereocenters. The monoisotopic (exact) mass is 339 g/mol. The molecule has 0 aliphatic rings. The summed E-state index contributed by atoms with van der Waals surface area (Å²) >= 11 is 0. The number of carbonyl (C=O) groups is 1. The van der Waals surface area contributed by atoms with Crippen LogP contribution in [0.25, 0.3) is 0 Å². The Morgan fingerprint density at radius 2 is 1.68 bits per heavy atom. The van der Waals surface area contributed by atoms with Gasteiger partial charge in [-0.3, -0.25) is 4.79 Å². The minimum atomic E-state index is -0.707. The summed E-state index contributed by atoms with van der Waals surface area (Å²) in [4.78, 5) is 16.3. The summed E-state index contributed by atoms with van der Waals surface area (Å²) in [6.45, 7) is 1.89. The van der Waals surface area contributed by atoms with Crippen molar-refractivity contribution in [2.45, 2.75) is 6.92 Å². The smallest absolute Gasteiger partial charge is 0.274 e. The van der Waals surface area contributed by atoms with Gasteiger partial charge in [-0.1, -0.05) is 24.3 Å². The predicted molar refractivity (Wildman–Crippen MR) is 93.0 cm³/mol. The van der Waals surface area contributed by atoms with E-state index in [4.69, 9.17) is 0 Å². The summed E-state index contributed by atoms with van der Waals surface area (Å²) in [7, 11) is 0. The second-order valence-corrected chi connectivity index (χ2v) is 5.42. The molecule has 0 fully saturated rings. The van der Waals surface area contributed by atoms with Crippen molar-refractivity contribution in [1.29, 1.82) is 0 Å². The van der Waals surface area contributed by atoms with E-state index in [1.807, 2.05) is 25.1 Å². The van der Waals surface area contributed by atoms with Crippen LogP contribution in [0.15, 0.2) is 60.8 Å². The van der Waals surface area contributed by atoms with Crippen molar-refractivity contribution in [3.8, 4) is 0 Å². The van der Waals surface area contributed by atoms with Crippen LogP contribution >= 0.6 is 0 Å². The molecule has 3 aromatic rings. The molecule has 0 saturated carbocycles. The number of hydrogen-bond acceptors (Lipinski definition) is 3. The molecule has 3 rings (SSSR count). The largest absolute Gasteiger partial charge is 0.349 e. The first-order chi connectivity index (χ1) is 12.0. The van der Waals surface area contributed by atoms with Crippen molar-refractivity contribution in [3.63, 3.8) is 0 Å². The minimum absolute atomic E-state index is 0.197. The van der Waals surface area contributed by atoms with Crippen molar-refractivity contribution in [1.82, 2.24) is 4.98 Å². The Hall–Kier alpha value is -3.28. The van der Waals surface area contributed by atoms with Gasteiger partial charge in [0.15, 0.2) is 0 Å². The molecule has 126 valence electrons. The maximum Gasteiger partial charge on any atom is 0.274 e. The van der Waals surface area contributed by atoms with Crippen LogP contribution in [0, 0.1) is 18.6 Å². The fourth-order valence-corrected chi connectivity index (χ4v) is 2.26. The zero-order chi connectivity index (χ0) is 17.8. The zero-order valence-electron chi connectivity index (χ0n) is 13.4. The number of aromatic nitrogens is 1. The third-order valence-corrected chi connectivity index (χ3v) is 3.62. The normalized spacial score (nSPS) is 10.4. The molecule has 0 radical (unpaired) electrons. The molecule has 0 aliphatic carbocycles. The second-order valence-electron chi connectivity index (χ2n) is 5.42. The van der Waals surface area contributed by atoms with Gasteiger partial charge < -0.3 is 10.6 Å². The summed E-state index contributed by atoms with van der Waals surface area (Å²) in [5, 5.41) is 5.39. The Morgan fingerprint density at radius 3 is 2.32 bits per heavy atom. The summed E-state index contributed by atoms with van der Waals surface area (Å²) < 4.78 is 27.3. The quantitative estimate of drug-likeness (QED) is 0.727. The number of nitrogens with zero attached hydrogens (tertiary/aromatic N) is 1. The van der Waals surface area contributed by atoms with E-state index in [-0.39, 0.29) is 17.3 Å². The Morgan fingerprint density at radius 1 is 0.960 bits per heavy atom. The maximum absolute atomic E-state index is 13.6. The third kappa shape index (κ3) is 3.80. The number of anilines is 3. The fraction of sp³-hybridized carbons (Fsp3) is 0.0526. The number of benzene rings is 2. The van der Waals surface area contributed by atoms with E-state index in [1.165, 1.54) is 24.4 Å². The lowest BCUT2D eigenvalue weighted by molar-refractivity contribution is 0.102. The Bertz CT molecular complexity index is 891. The molecule has 0 saturated heterocycles. The molecular formula is C19H15F2N3O.